The predicted molar refractivity (Wildman–Crippen MR) is 117 cm³/mol. The zero-order valence-electron chi connectivity index (χ0n) is 17.9. The zero-order valence-corrected chi connectivity index (χ0v) is 21.1. The molecule has 156 valence electrons. The van der Waals surface area contributed by atoms with E-state index in [-0.39, 0.29) is 5.04 Å². The van der Waals surface area contributed by atoms with E-state index in [4.69, 9.17) is 18.6 Å². The van der Waals surface area contributed by atoms with Crippen LogP contribution in [0.3, 0.4) is 0 Å². The van der Waals surface area contributed by atoms with E-state index in [1.54, 1.807) is 0 Å². The van der Waals surface area contributed by atoms with Crippen molar-refractivity contribution in [3.05, 3.63) is 0 Å². The molecule has 0 aliphatic rings. The molecule has 1 N–H and O–H groups in total. The van der Waals surface area contributed by atoms with Gasteiger partial charge >= 0.3 is 6.09 Å². The molecule has 0 aliphatic heterocycles. The maximum absolute atomic E-state index is 12.3. The minimum absolute atomic E-state index is 0.0770. The first-order valence-corrected chi connectivity index (χ1v) is 13.6. The number of nitrogens with one attached hydrogen (secondary N) is 1. The third-order valence-corrected chi connectivity index (χ3v) is 9.09. The Morgan fingerprint density at radius 1 is 1.12 bits per heavy atom. The second kappa shape index (κ2) is 11.2. The van der Waals surface area contributed by atoms with Crippen LogP contribution in [-0.2, 0) is 18.6 Å². The summed E-state index contributed by atoms with van der Waals surface area (Å²) in [4.78, 5) is 12.3. The van der Waals surface area contributed by atoms with Crippen molar-refractivity contribution in [1.29, 1.82) is 0 Å². The molecule has 0 saturated heterocycles. The number of hydrogen-bond donors (Lipinski definition) is 1. The number of carbonyl (C=O) groups is 1. The van der Waals surface area contributed by atoms with E-state index in [0.717, 1.165) is 4.43 Å². The quantitative estimate of drug-likeness (QED) is 0.202. The van der Waals surface area contributed by atoms with Gasteiger partial charge in [0.15, 0.2) is 14.6 Å². The third kappa shape index (κ3) is 10.4. The van der Waals surface area contributed by atoms with Crippen LogP contribution in [-0.4, -0.2) is 56.6 Å². The van der Waals surface area contributed by atoms with Crippen molar-refractivity contribution in [1.82, 2.24) is 5.32 Å². The summed E-state index contributed by atoms with van der Waals surface area (Å²) in [6.07, 6.45) is -1.07. The summed E-state index contributed by atoms with van der Waals surface area (Å²) in [5.41, 5.74) is -0.570. The Balaban J connectivity index is 5.21. The summed E-state index contributed by atoms with van der Waals surface area (Å²) in [5.74, 6) is 0. The minimum atomic E-state index is -1.97. The van der Waals surface area contributed by atoms with Crippen LogP contribution in [0.15, 0.2) is 0 Å². The van der Waals surface area contributed by atoms with Gasteiger partial charge in [0, 0.05) is 11.0 Å². The van der Waals surface area contributed by atoms with Crippen molar-refractivity contribution in [3.63, 3.8) is 0 Å². The molecule has 0 radical (unpaired) electrons. The molecule has 2 atom stereocenters. The Kier molecular flexibility index (Phi) is 11.2. The molecule has 0 heterocycles. The van der Waals surface area contributed by atoms with Gasteiger partial charge in [-0.3, -0.25) is 0 Å². The maximum Gasteiger partial charge on any atom is 0.408 e. The Labute approximate surface area is 174 Å². The highest BCUT2D eigenvalue weighted by atomic mass is 127. The molecule has 8 heteroatoms. The molecular formula is C18H38INO5Si. The lowest BCUT2D eigenvalue weighted by Gasteiger charge is -2.38. The zero-order chi connectivity index (χ0) is 20.6. The highest BCUT2D eigenvalue weighted by Gasteiger charge is 2.39. The molecule has 0 rings (SSSR count). The van der Waals surface area contributed by atoms with E-state index in [2.05, 4.69) is 61.8 Å². The first kappa shape index (κ1) is 26.1. The van der Waals surface area contributed by atoms with E-state index >= 15 is 0 Å². The number of alkyl halides is 1. The van der Waals surface area contributed by atoms with Crippen LogP contribution in [0.25, 0.3) is 0 Å². The topological polar surface area (TPSA) is 66.0 Å². The first-order chi connectivity index (χ1) is 11.7. The van der Waals surface area contributed by atoms with Crippen LogP contribution in [0, 0.1) is 0 Å². The average Bonchev–Trinajstić information content (AvgIpc) is 2.45. The van der Waals surface area contributed by atoms with Gasteiger partial charge in [0.05, 0.1) is 13.2 Å². The lowest BCUT2D eigenvalue weighted by Crippen LogP contribution is -2.53. The summed E-state index contributed by atoms with van der Waals surface area (Å²) >= 11 is 2.24. The lowest BCUT2D eigenvalue weighted by molar-refractivity contribution is -0.157. The summed E-state index contributed by atoms with van der Waals surface area (Å²) in [7, 11) is -1.97. The van der Waals surface area contributed by atoms with E-state index in [1.807, 2.05) is 27.7 Å². The standard InChI is InChI=1S/C18H38INO5Si/c1-10-22-15(23-12-11-19)14(20-16(21)25-17(2,3)4)13-24-26(8,9)18(5,6)7/h14-15H,10-13H2,1-9H3,(H,20,21)/t14?,15-/m1/s1. The molecule has 26 heavy (non-hydrogen) atoms. The smallest absolute Gasteiger partial charge is 0.408 e. The molecule has 0 fully saturated rings. The van der Waals surface area contributed by atoms with Gasteiger partial charge in [-0.25, -0.2) is 4.79 Å². The number of ether oxygens (including phenoxy) is 3. The number of halogens is 1. The van der Waals surface area contributed by atoms with Crippen LogP contribution in [0.1, 0.15) is 48.5 Å². The van der Waals surface area contributed by atoms with Crippen LogP contribution >= 0.6 is 22.6 Å². The van der Waals surface area contributed by atoms with Gasteiger partial charge in [0.1, 0.15) is 11.6 Å². The van der Waals surface area contributed by atoms with Crippen molar-refractivity contribution in [2.24, 2.45) is 0 Å². The number of hydrogen-bond acceptors (Lipinski definition) is 5. The van der Waals surface area contributed by atoms with E-state index in [0.29, 0.717) is 19.8 Å². The predicted octanol–water partition coefficient (Wildman–Crippen LogP) is 4.72. The number of rotatable bonds is 10. The van der Waals surface area contributed by atoms with Gasteiger partial charge in [0.25, 0.3) is 0 Å². The van der Waals surface area contributed by atoms with E-state index in [1.165, 1.54) is 0 Å². The molecule has 6 nitrogen and oxygen atoms in total. The summed E-state index contributed by atoms with van der Waals surface area (Å²) in [5, 5.41) is 2.95. The van der Waals surface area contributed by atoms with Gasteiger partial charge in [-0.15, -0.1) is 0 Å². The molecule has 0 bridgehead atoms. The normalized spacial score (nSPS) is 15.5. The molecule has 0 saturated carbocycles. The van der Waals surface area contributed by atoms with Crippen LogP contribution in [0.5, 0.6) is 0 Å². The first-order valence-electron chi connectivity index (χ1n) is 9.16. The van der Waals surface area contributed by atoms with Crippen LogP contribution < -0.4 is 5.32 Å². The van der Waals surface area contributed by atoms with Gasteiger partial charge in [-0.05, 0) is 45.8 Å². The minimum Gasteiger partial charge on any atom is -0.444 e. The summed E-state index contributed by atoms with van der Waals surface area (Å²) in [6.45, 7) is 19.7. The van der Waals surface area contributed by atoms with Crippen molar-refractivity contribution < 1.29 is 23.4 Å². The van der Waals surface area contributed by atoms with Gasteiger partial charge in [-0.1, -0.05) is 43.4 Å². The molecule has 0 aliphatic carbocycles. The molecular weight excluding hydrogens is 465 g/mol. The second-order valence-corrected chi connectivity index (χ2v) is 14.6. The fourth-order valence-electron chi connectivity index (χ4n) is 1.77. The van der Waals surface area contributed by atoms with Gasteiger partial charge < -0.3 is 24.0 Å². The number of carbonyl (C=O) groups excluding carboxylic acids is 1. The Bertz CT molecular complexity index is 421. The summed E-state index contributed by atoms with van der Waals surface area (Å²) in [6, 6.07) is -0.443. The molecule has 0 spiro atoms. The largest absolute Gasteiger partial charge is 0.444 e. The van der Waals surface area contributed by atoms with Crippen molar-refractivity contribution in [2.45, 2.75) is 84.5 Å². The third-order valence-electron chi connectivity index (χ3n) is 4.15. The summed E-state index contributed by atoms with van der Waals surface area (Å²) < 4.78 is 24.1. The maximum atomic E-state index is 12.3. The molecule has 1 amide bonds. The average molecular weight is 503 g/mol. The number of alkyl carbamates (subject to hydrolysis) is 1. The van der Waals surface area contributed by atoms with Gasteiger partial charge in [-0.2, -0.15) is 0 Å². The van der Waals surface area contributed by atoms with Gasteiger partial charge in [0.2, 0.25) is 0 Å². The molecule has 1 unspecified atom stereocenters. The van der Waals surface area contributed by atoms with Crippen molar-refractivity contribution >= 4 is 37.0 Å². The van der Waals surface area contributed by atoms with Crippen LogP contribution in [0.4, 0.5) is 4.79 Å². The second-order valence-electron chi connectivity index (χ2n) is 8.71. The van der Waals surface area contributed by atoms with Crippen molar-refractivity contribution in [2.75, 3.05) is 24.2 Å². The van der Waals surface area contributed by atoms with E-state index < -0.39 is 32.3 Å². The molecule has 0 aromatic heterocycles. The Morgan fingerprint density at radius 3 is 2.12 bits per heavy atom. The monoisotopic (exact) mass is 503 g/mol. The van der Waals surface area contributed by atoms with Crippen molar-refractivity contribution in [3.8, 4) is 0 Å². The highest BCUT2D eigenvalue weighted by Crippen LogP contribution is 2.36. The number of amides is 1. The lowest BCUT2D eigenvalue weighted by atomic mass is 10.2. The Morgan fingerprint density at radius 2 is 1.69 bits per heavy atom. The highest BCUT2D eigenvalue weighted by molar-refractivity contribution is 14.1. The van der Waals surface area contributed by atoms with Crippen LogP contribution in [0.2, 0.25) is 18.1 Å². The molecule has 0 aromatic carbocycles. The SMILES string of the molecule is CCO[C@H](OCCI)C(CO[Si](C)(C)C(C)(C)C)NC(=O)OC(C)(C)C. The fraction of sp³-hybridized carbons (Fsp3) is 0.944. The van der Waals surface area contributed by atoms with E-state index in [9.17, 15) is 4.79 Å². The Hall–Kier alpha value is 0.0969. The molecule has 0 aromatic rings. The fourth-order valence-corrected chi connectivity index (χ4v) is 3.05.